The molecule has 2 N–H and O–H groups in total. The lowest BCUT2D eigenvalue weighted by molar-refractivity contribution is -0.137. The number of anilines is 2. The van der Waals surface area contributed by atoms with Gasteiger partial charge in [-0.3, -0.25) is 10.0 Å². The highest BCUT2D eigenvalue weighted by Crippen LogP contribution is 2.37. The Morgan fingerprint density at radius 3 is 2.19 bits per heavy atom. The molecule has 2 atom stereocenters. The Morgan fingerprint density at radius 1 is 1.07 bits per heavy atom. The molecule has 4 rings (SSSR count). The fourth-order valence-corrected chi connectivity index (χ4v) is 3.72. The van der Waals surface area contributed by atoms with E-state index in [0.29, 0.717) is 19.0 Å². The van der Waals surface area contributed by atoms with Gasteiger partial charge in [0.1, 0.15) is 0 Å². The lowest BCUT2D eigenvalue weighted by Gasteiger charge is -2.35. The number of nitrogens with one attached hydrogen (secondary N) is 1. The van der Waals surface area contributed by atoms with Crippen molar-refractivity contribution < 1.29 is 23.2 Å². The second kappa shape index (κ2) is 6.38. The van der Waals surface area contributed by atoms with E-state index in [4.69, 9.17) is 5.21 Å². The molecule has 7 nitrogen and oxygen atoms in total. The first-order valence-corrected chi connectivity index (χ1v) is 8.34. The van der Waals surface area contributed by atoms with Crippen molar-refractivity contribution in [1.82, 2.24) is 15.4 Å². The monoisotopic (exact) mass is 379 g/mol. The summed E-state index contributed by atoms with van der Waals surface area (Å²) in [7, 11) is 0. The van der Waals surface area contributed by atoms with Crippen LogP contribution in [0, 0.1) is 0 Å². The number of piperazine rings is 1. The predicted octanol–water partition coefficient (Wildman–Crippen LogP) is 2.08. The number of amides is 1. The van der Waals surface area contributed by atoms with Crippen molar-refractivity contribution >= 4 is 17.5 Å². The van der Waals surface area contributed by atoms with Crippen molar-refractivity contribution in [3.63, 3.8) is 0 Å². The van der Waals surface area contributed by atoms with Crippen LogP contribution in [0.5, 0.6) is 0 Å². The Bertz CT molecular complexity index is 841. The molecule has 0 radical (unpaired) electrons. The number of aromatic nitrogens is 2. The summed E-state index contributed by atoms with van der Waals surface area (Å²) < 4.78 is 38.1. The van der Waals surface area contributed by atoms with E-state index in [1.165, 1.54) is 30.0 Å². The molecule has 0 spiro atoms. The molecule has 2 bridgehead atoms. The Labute approximate surface area is 152 Å². The van der Waals surface area contributed by atoms with Gasteiger partial charge in [0.25, 0.3) is 5.91 Å². The average Bonchev–Trinajstić information content (AvgIpc) is 3.28. The molecule has 10 heteroatoms. The van der Waals surface area contributed by atoms with Crippen LogP contribution >= 0.6 is 0 Å². The van der Waals surface area contributed by atoms with Crippen LogP contribution in [0.2, 0.25) is 0 Å². The summed E-state index contributed by atoms with van der Waals surface area (Å²) >= 11 is 0. The molecule has 1 aromatic heterocycles. The number of nitrogens with zero attached hydrogens (tertiary/aromatic N) is 4. The van der Waals surface area contributed by atoms with Crippen LogP contribution < -0.4 is 15.3 Å². The maximum absolute atomic E-state index is 12.7. The zero-order chi connectivity index (χ0) is 19.2. The highest BCUT2D eigenvalue weighted by atomic mass is 19.4. The van der Waals surface area contributed by atoms with E-state index in [1.807, 2.05) is 4.90 Å². The molecule has 1 aromatic carbocycles. The van der Waals surface area contributed by atoms with Crippen LogP contribution in [0.25, 0.3) is 0 Å². The number of hydrogen-bond donors (Lipinski definition) is 2. The van der Waals surface area contributed by atoms with Crippen molar-refractivity contribution in [1.29, 1.82) is 0 Å². The van der Waals surface area contributed by atoms with E-state index in [2.05, 4.69) is 14.9 Å². The lowest BCUT2D eigenvalue weighted by Crippen LogP contribution is -2.47. The van der Waals surface area contributed by atoms with E-state index in [-0.39, 0.29) is 17.6 Å². The molecule has 2 aromatic rings. The standard InChI is InChI=1S/C17H16F3N5O2/c18-17(19,20)11-1-3-12(4-2-11)24-8-14-5-13(24)9-25(14)16-21-6-10(7-22-16)15(26)23-27/h1-4,6-7,13-14,27H,5,8-9H2,(H,23,26). The first-order valence-electron chi connectivity index (χ1n) is 8.34. The van der Waals surface area contributed by atoms with Crippen molar-refractivity contribution in [2.45, 2.75) is 24.7 Å². The fraction of sp³-hybridized carbons (Fsp3) is 0.353. The molecule has 2 unspecified atom stereocenters. The van der Waals surface area contributed by atoms with Gasteiger partial charge in [-0.2, -0.15) is 13.2 Å². The molecule has 0 aliphatic carbocycles. The second-order valence-electron chi connectivity index (χ2n) is 6.61. The Kier molecular flexibility index (Phi) is 4.14. The number of carbonyl (C=O) groups is 1. The summed E-state index contributed by atoms with van der Waals surface area (Å²) in [6.07, 6.45) is -0.792. The van der Waals surface area contributed by atoms with Gasteiger partial charge >= 0.3 is 6.18 Å². The van der Waals surface area contributed by atoms with Crippen LogP contribution in [0.15, 0.2) is 36.7 Å². The van der Waals surface area contributed by atoms with Crippen molar-refractivity contribution in [2.24, 2.45) is 0 Å². The lowest BCUT2D eigenvalue weighted by atomic mass is 10.1. The van der Waals surface area contributed by atoms with Crippen molar-refractivity contribution in [3.05, 3.63) is 47.8 Å². The van der Waals surface area contributed by atoms with Crippen LogP contribution in [0.3, 0.4) is 0 Å². The van der Waals surface area contributed by atoms with Crippen LogP contribution in [-0.4, -0.2) is 46.3 Å². The van der Waals surface area contributed by atoms with Gasteiger partial charge < -0.3 is 9.80 Å². The zero-order valence-electron chi connectivity index (χ0n) is 14.0. The van der Waals surface area contributed by atoms with Gasteiger partial charge in [0.2, 0.25) is 5.95 Å². The van der Waals surface area contributed by atoms with E-state index < -0.39 is 17.6 Å². The average molecular weight is 379 g/mol. The summed E-state index contributed by atoms with van der Waals surface area (Å²) in [4.78, 5) is 23.8. The molecule has 27 heavy (non-hydrogen) atoms. The Hall–Kier alpha value is -2.88. The van der Waals surface area contributed by atoms with Crippen molar-refractivity contribution in [3.8, 4) is 0 Å². The van der Waals surface area contributed by atoms with Gasteiger partial charge in [0, 0.05) is 37.2 Å². The highest BCUT2D eigenvalue weighted by molar-refractivity contribution is 5.92. The van der Waals surface area contributed by atoms with Crippen LogP contribution in [-0.2, 0) is 6.18 Å². The van der Waals surface area contributed by atoms with Gasteiger partial charge in [-0.15, -0.1) is 0 Å². The Balaban J connectivity index is 1.45. The number of alkyl halides is 3. The molecule has 1 amide bonds. The number of benzene rings is 1. The fourth-order valence-electron chi connectivity index (χ4n) is 3.72. The third kappa shape index (κ3) is 3.16. The number of fused-ring (bicyclic) bond motifs is 2. The summed E-state index contributed by atoms with van der Waals surface area (Å²) in [5, 5.41) is 8.62. The minimum atomic E-state index is -4.34. The first-order chi connectivity index (χ1) is 12.9. The second-order valence-corrected chi connectivity index (χ2v) is 6.61. The highest BCUT2D eigenvalue weighted by Gasteiger charge is 2.44. The first kappa shape index (κ1) is 17.5. The smallest absolute Gasteiger partial charge is 0.365 e. The van der Waals surface area contributed by atoms with E-state index in [1.54, 1.807) is 0 Å². The van der Waals surface area contributed by atoms with Gasteiger partial charge in [-0.1, -0.05) is 0 Å². The number of carbonyl (C=O) groups excluding carboxylic acids is 1. The molecule has 142 valence electrons. The predicted molar refractivity (Wildman–Crippen MR) is 89.6 cm³/mol. The topological polar surface area (TPSA) is 81.6 Å². The molecule has 2 aliphatic heterocycles. The van der Waals surface area contributed by atoms with Crippen LogP contribution in [0.4, 0.5) is 24.8 Å². The molecular formula is C17H16F3N5O2. The molecular weight excluding hydrogens is 363 g/mol. The van der Waals surface area contributed by atoms with E-state index >= 15 is 0 Å². The minimum absolute atomic E-state index is 0.148. The molecule has 0 saturated carbocycles. The third-order valence-corrected chi connectivity index (χ3v) is 5.03. The van der Waals surface area contributed by atoms with Gasteiger partial charge in [-0.25, -0.2) is 15.4 Å². The zero-order valence-corrected chi connectivity index (χ0v) is 14.0. The Morgan fingerprint density at radius 2 is 1.67 bits per heavy atom. The van der Waals surface area contributed by atoms with Gasteiger partial charge in [0.15, 0.2) is 0 Å². The molecule has 2 fully saturated rings. The summed E-state index contributed by atoms with van der Waals surface area (Å²) in [5.74, 6) is -0.193. The number of rotatable bonds is 3. The quantitative estimate of drug-likeness (QED) is 0.628. The molecule has 2 aliphatic rings. The molecule has 2 saturated heterocycles. The molecule has 3 heterocycles. The number of hydroxylamine groups is 1. The maximum atomic E-state index is 12.7. The van der Waals surface area contributed by atoms with Gasteiger partial charge in [-0.05, 0) is 30.7 Å². The third-order valence-electron chi connectivity index (χ3n) is 5.03. The largest absolute Gasteiger partial charge is 0.416 e. The van der Waals surface area contributed by atoms with Gasteiger partial charge in [0.05, 0.1) is 17.2 Å². The number of halogens is 3. The van der Waals surface area contributed by atoms with Crippen LogP contribution in [0.1, 0.15) is 22.3 Å². The van der Waals surface area contributed by atoms with E-state index in [0.717, 1.165) is 24.2 Å². The summed E-state index contributed by atoms with van der Waals surface area (Å²) in [5.41, 5.74) is 1.79. The van der Waals surface area contributed by atoms with Crippen molar-refractivity contribution in [2.75, 3.05) is 22.9 Å². The summed E-state index contributed by atoms with van der Waals surface area (Å²) in [6, 6.07) is 5.53. The maximum Gasteiger partial charge on any atom is 0.416 e. The normalized spacial score (nSPS) is 21.6. The number of hydrogen-bond acceptors (Lipinski definition) is 6. The minimum Gasteiger partial charge on any atom is -0.365 e. The van der Waals surface area contributed by atoms with E-state index in [9.17, 15) is 18.0 Å². The SMILES string of the molecule is O=C(NO)c1cnc(N2CC3CC2CN3c2ccc(C(F)(F)F)cc2)nc1. The summed E-state index contributed by atoms with van der Waals surface area (Å²) in [6.45, 7) is 1.31.